The maximum atomic E-state index is 14.5. The summed E-state index contributed by atoms with van der Waals surface area (Å²) in [6.07, 6.45) is 10.8. The molecular formula is C32H35FN4. The fourth-order valence-corrected chi connectivity index (χ4v) is 6.14. The Kier molecular flexibility index (Phi) is 5.82. The lowest BCUT2D eigenvalue weighted by atomic mass is 9.88. The lowest BCUT2D eigenvalue weighted by Crippen LogP contribution is -2.56. The number of hydrogen-bond acceptors (Lipinski definition) is 4. The zero-order valence-corrected chi connectivity index (χ0v) is 22.0. The van der Waals surface area contributed by atoms with E-state index in [4.69, 9.17) is 4.98 Å². The van der Waals surface area contributed by atoms with Crippen LogP contribution in [0.3, 0.4) is 0 Å². The van der Waals surface area contributed by atoms with E-state index in [0.29, 0.717) is 0 Å². The summed E-state index contributed by atoms with van der Waals surface area (Å²) < 4.78 is 14.5. The number of pyridine rings is 1. The summed E-state index contributed by atoms with van der Waals surface area (Å²) in [6.45, 7) is 14.6. The summed E-state index contributed by atoms with van der Waals surface area (Å²) in [5.41, 5.74) is 8.06. The zero-order valence-electron chi connectivity index (χ0n) is 22.0. The summed E-state index contributed by atoms with van der Waals surface area (Å²) in [4.78, 5) is 9.80. The first-order valence-corrected chi connectivity index (χ1v) is 13.4. The molecule has 1 aromatic heterocycles. The van der Waals surface area contributed by atoms with Crippen LogP contribution in [-0.2, 0) is 0 Å². The average molecular weight is 495 g/mol. The lowest BCUT2D eigenvalue weighted by molar-refractivity contribution is 0.227. The third kappa shape index (κ3) is 4.11. The Hall–Kier alpha value is -3.60. The van der Waals surface area contributed by atoms with Crippen LogP contribution in [0.2, 0.25) is 0 Å². The first-order chi connectivity index (χ1) is 17.8. The van der Waals surface area contributed by atoms with Gasteiger partial charge >= 0.3 is 0 Å². The highest BCUT2D eigenvalue weighted by Gasteiger charge is 2.38. The van der Waals surface area contributed by atoms with Gasteiger partial charge in [-0.2, -0.15) is 0 Å². The monoisotopic (exact) mass is 494 g/mol. The van der Waals surface area contributed by atoms with Crippen LogP contribution in [0.5, 0.6) is 0 Å². The molecule has 0 aliphatic carbocycles. The minimum Gasteiger partial charge on any atom is -0.385 e. The van der Waals surface area contributed by atoms with E-state index in [-0.39, 0.29) is 11.4 Å². The summed E-state index contributed by atoms with van der Waals surface area (Å²) in [6, 6.07) is 11.9. The van der Waals surface area contributed by atoms with Gasteiger partial charge in [0.25, 0.3) is 0 Å². The van der Waals surface area contributed by atoms with Crippen molar-refractivity contribution in [2.45, 2.75) is 39.2 Å². The van der Waals surface area contributed by atoms with Gasteiger partial charge in [0.15, 0.2) is 0 Å². The molecule has 6 rings (SSSR count). The first-order valence-electron chi connectivity index (χ1n) is 13.4. The molecule has 2 aromatic carbocycles. The fourth-order valence-electron chi connectivity index (χ4n) is 6.14. The normalized spacial score (nSPS) is 22.2. The van der Waals surface area contributed by atoms with Crippen LogP contribution >= 0.6 is 0 Å². The highest BCUT2D eigenvalue weighted by Crippen LogP contribution is 2.42. The van der Waals surface area contributed by atoms with E-state index in [1.54, 1.807) is 12.1 Å². The van der Waals surface area contributed by atoms with E-state index < -0.39 is 0 Å². The molecule has 1 atom stereocenters. The van der Waals surface area contributed by atoms with E-state index in [9.17, 15) is 4.39 Å². The standard InChI is InChI=1S/C32H35FN4/c1-21-9-13-36(14-10-21)31-27-19-24(30-6-5-11-32(4)23(3)34-12-15-37(30)32)7-8-29(27)35-20-28(31)25-16-22(2)17-26(33)18-25/h5-8,11,16-21,34H,3,9-10,12-15H2,1-2,4H3. The summed E-state index contributed by atoms with van der Waals surface area (Å²) in [5.74, 6) is 0.511. The van der Waals surface area contributed by atoms with Crippen molar-refractivity contribution in [1.82, 2.24) is 15.2 Å². The molecule has 0 saturated carbocycles. The molecule has 1 unspecified atom stereocenters. The molecule has 190 valence electrons. The molecule has 4 nitrogen and oxygen atoms in total. The largest absolute Gasteiger partial charge is 0.385 e. The van der Waals surface area contributed by atoms with Crippen LogP contribution in [0.15, 0.2) is 73.1 Å². The maximum Gasteiger partial charge on any atom is 0.124 e. The van der Waals surface area contributed by atoms with Crippen LogP contribution in [0.25, 0.3) is 27.7 Å². The van der Waals surface area contributed by atoms with E-state index in [1.165, 1.54) is 16.9 Å². The Bertz CT molecular complexity index is 1430. The van der Waals surface area contributed by atoms with Crippen molar-refractivity contribution >= 4 is 22.3 Å². The Balaban J connectivity index is 1.53. The van der Waals surface area contributed by atoms with Gasteiger partial charge in [-0.25, -0.2) is 4.39 Å². The predicted molar refractivity (Wildman–Crippen MR) is 152 cm³/mol. The number of piperazine rings is 1. The number of fused-ring (bicyclic) bond motifs is 2. The highest BCUT2D eigenvalue weighted by atomic mass is 19.1. The highest BCUT2D eigenvalue weighted by molar-refractivity contribution is 6.01. The van der Waals surface area contributed by atoms with Crippen molar-refractivity contribution in [3.63, 3.8) is 0 Å². The van der Waals surface area contributed by atoms with Crippen LogP contribution in [-0.4, -0.2) is 41.6 Å². The topological polar surface area (TPSA) is 31.4 Å². The second kappa shape index (κ2) is 9.05. The van der Waals surface area contributed by atoms with Gasteiger partial charge < -0.3 is 15.1 Å². The van der Waals surface area contributed by atoms with Crippen molar-refractivity contribution in [3.05, 3.63) is 90.0 Å². The van der Waals surface area contributed by atoms with E-state index in [2.05, 4.69) is 78.0 Å². The van der Waals surface area contributed by atoms with Crippen LogP contribution in [0, 0.1) is 18.7 Å². The lowest BCUT2D eigenvalue weighted by Gasteiger charge is -2.49. The number of benzene rings is 2. The van der Waals surface area contributed by atoms with Crippen molar-refractivity contribution in [1.29, 1.82) is 0 Å². The quantitative estimate of drug-likeness (QED) is 0.440. The smallest absolute Gasteiger partial charge is 0.124 e. The number of nitrogens with zero attached hydrogens (tertiary/aromatic N) is 3. The number of anilines is 1. The van der Waals surface area contributed by atoms with Crippen LogP contribution in [0.4, 0.5) is 10.1 Å². The minimum atomic E-state index is -0.262. The van der Waals surface area contributed by atoms with E-state index >= 15 is 0 Å². The maximum absolute atomic E-state index is 14.5. The molecule has 3 aliphatic heterocycles. The minimum absolute atomic E-state index is 0.209. The van der Waals surface area contributed by atoms with Crippen molar-refractivity contribution < 1.29 is 4.39 Å². The molecule has 0 radical (unpaired) electrons. The van der Waals surface area contributed by atoms with Gasteiger partial charge in [-0.05, 0) is 79.6 Å². The average Bonchev–Trinajstić information content (AvgIpc) is 2.88. The number of hydrogen-bond donors (Lipinski definition) is 1. The van der Waals surface area contributed by atoms with Gasteiger partial charge in [-0.1, -0.05) is 37.8 Å². The number of aromatic nitrogens is 1. The summed E-state index contributed by atoms with van der Waals surface area (Å²) in [7, 11) is 0. The van der Waals surface area contributed by atoms with Gasteiger partial charge in [-0.15, -0.1) is 0 Å². The van der Waals surface area contributed by atoms with E-state index in [1.807, 2.05) is 13.1 Å². The summed E-state index contributed by atoms with van der Waals surface area (Å²) >= 11 is 0. The molecule has 2 saturated heterocycles. The van der Waals surface area contributed by atoms with Gasteiger partial charge in [-0.3, -0.25) is 4.98 Å². The number of rotatable bonds is 3. The summed E-state index contributed by atoms with van der Waals surface area (Å²) in [5, 5.41) is 4.57. The molecule has 0 amide bonds. The molecule has 5 heteroatoms. The molecule has 1 N–H and O–H groups in total. The fraction of sp³-hybridized carbons (Fsp3) is 0.344. The SMILES string of the molecule is C=C1NCCN2C(c3ccc4ncc(-c5cc(C)cc(F)c5)c(N5CCC(C)CC5)c4c3)=CC=CC12C. The molecule has 0 spiro atoms. The van der Waals surface area contributed by atoms with Crippen LogP contribution in [0.1, 0.15) is 37.8 Å². The number of allylic oxidation sites excluding steroid dienone is 2. The van der Waals surface area contributed by atoms with Crippen molar-refractivity contribution in [3.8, 4) is 11.1 Å². The molecule has 37 heavy (non-hydrogen) atoms. The third-order valence-electron chi connectivity index (χ3n) is 8.40. The molecule has 0 bridgehead atoms. The molecule has 4 heterocycles. The molecule has 3 aromatic rings. The van der Waals surface area contributed by atoms with Gasteiger partial charge in [0.2, 0.25) is 0 Å². The molecule has 3 aliphatic rings. The third-order valence-corrected chi connectivity index (χ3v) is 8.40. The number of piperidine rings is 1. The number of halogens is 1. The number of aryl methyl sites for hydroxylation is 1. The molecule has 2 fully saturated rings. The van der Waals surface area contributed by atoms with Gasteiger partial charge in [0, 0.05) is 54.7 Å². The predicted octanol–water partition coefficient (Wildman–Crippen LogP) is 6.67. The zero-order chi connectivity index (χ0) is 25.7. The van der Waals surface area contributed by atoms with Crippen molar-refractivity contribution in [2.75, 3.05) is 31.1 Å². The second-order valence-electron chi connectivity index (χ2n) is 11.1. The van der Waals surface area contributed by atoms with Crippen LogP contribution < -0.4 is 10.2 Å². The molecular weight excluding hydrogens is 459 g/mol. The second-order valence-corrected chi connectivity index (χ2v) is 11.1. The first kappa shape index (κ1) is 23.8. The Morgan fingerprint density at radius 3 is 2.68 bits per heavy atom. The van der Waals surface area contributed by atoms with E-state index in [0.717, 1.165) is 78.2 Å². The Labute approximate surface area is 219 Å². The number of nitrogens with one attached hydrogen (secondary N) is 1. The van der Waals surface area contributed by atoms with Crippen molar-refractivity contribution in [2.24, 2.45) is 5.92 Å². The van der Waals surface area contributed by atoms with Gasteiger partial charge in [0.1, 0.15) is 5.82 Å². The van der Waals surface area contributed by atoms with Gasteiger partial charge in [0.05, 0.1) is 16.7 Å². The Morgan fingerprint density at radius 2 is 1.89 bits per heavy atom. The Morgan fingerprint density at radius 1 is 1.08 bits per heavy atom.